The van der Waals surface area contributed by atoms with Crippen LogP contribution >= 0.6 is 34.5 Å². The molecule has 198 valence electrons. The van der Waals surface area contributed by atoms with E-state index >= 15 is 0 Å². The Morgan fingerprint density at radius 1 is 1.08 bits per heavy atom. The fraction of sp³-hybridized carbons (Fsp3) is 0.290. The summed E-state index contributed by atoms with van der Waals surface area (Å²) in [4.78, 5) is 15.2. The number of rotatable bonds is 8. The molecule has 0 unspecified atom stereocenters. The molecule has 0 saturated heterocycles. The fourth-order valence-corrected chi connectivity index (χ4v) is 5.66. The number of aromatic nitrogens is 2. The summed E-state index contributed by atoms with van der Waals surface area (Å²) in [5.41, 5.74) is 5.30. The normalized spacial score (nSPS) is 11.9. The highest BCUT2D eigenvalue weighted by atomic mass is 35.5. The molecule has 2 aromatic heterocycles. The molecule has 0 radical (unpaired) electrons. The number of hydrogen-bond donors (Lipinski definition) is 1. The average molecular weight is 567 g/mol. The minimum Gasteiger partial charge on any atom is -0.346 e. The first kappa shape index (κ1) is 28.2. The Bertz CT molecular complexity index is 1460. The molecular weight excluding hydrogens is 533 g/mol. The fourth-order valence-electron chi connectivity index (χ4n) is 4.15. The van der Waals surface area contributed by atoms with Crippen LogP contribution in [0.2, 0.25) is 10.0 Å². The highest BCUT2D eigenvalue weighted by molar-refractivity contribution is 7.16. The van der Waals surface area contributed by atoms with Crippen LogP contribution in [0.1, 0.15) is 72.6 Å². The van der Waals surface area contributed by atoms with E-state index in [1.54, 1.807) is 23.5 Å². The zero-order valence-electron chi connectivity index (χ0n) is 22.4. The second kappa shape index (κ2) is 11.9. The Labute approximate surface area is 239 Å². The van der Waals surface area contributed by atoms with Gasteiger partial charge in [-0.25, -0.2) is 4.68 Å². The predicted octanol–water partition coefficient (Wildman–Crippen LogP) is 9.26. The number of amides is 1. The summed E-state index contributed by atoms with van der Waals surface area (Å²) in [7, 11) is 0. The van der Waals surface area contributed by atoms with E-state index in [1.807, 2.05) is 41.9 Å². The topological polar surface area (TPSA) is 46.9 Å². The molecule has 0 saturated carbocycles. The van der Waals surface area contributed by atoms with Gasteiger partial charge >= 0.3 is 0 Å². The van der Waals surface area contributed by atoms with Crippen LogP contribution in [0.5, 0.6) is 0 Å². The second-order valence-electron chi connectivity index (χ2n) is 10.3. The van der Waals surface area contributed by atoms with Gasteiger partial charge in [-0.1, -0.05) is 75.5 Å². The SMILES string of the molecule is CCCC=Cc1ccc(-c2c(C)c(CNC(=O)c3ccc(C(C)(C)C)cc3)nn2-c2ccc(Cl)cc2Cl)s1. The molecule has 0 aliphatic rings. The van der Waals surface area contributed by atoms with Crippen LogP contribution in [0.25, 0.3) is 22.3 Å². The molecule has 4 nitrogen and oxygen atoms in total. The minimum absolute atomic E-state index is 0.0335. The lowest BCUT2D eigenvalue weighted by Gasteiger charge is -2.19. The van der Waals surface area contributed by atoms with Crippen LogP contribution in [0, 0.1) is 6.92 Å². The molecule has 0 bridgehead atoms. The zero-order valence-corrected chi connectivity index (χ0v) is 24.8. The van der Waals surface area contributed by atoms with Crippen molar-refractivity contribution in [3.63, 3.8) is 0 Å². The van der Waals surface area contributed by atoms with Gasteiger partial charge in [0.15, 0.2) is 0 Å². The predicted molar refractivity (Wildman–Crippen MR) is 162 cm³/mol. The van der Waals surface area contributed by atoms with Gasteiger partial charge in [-0.15, -0.1) is 11.3 Å². The summed E-state index contributed by atoms with van der Waals surface area (Å²) in [6.45, 7) is 11.0. The first-order valence-corrected chi connectivity index (χ1v) is 14.3. The number of hydrogen-bond acceptors (Lipinski definition) is 3. The summed E-state index contributed by atoms with van der Waals surface area (Å²) in [6, 6.07) is 17.4. The first-order valence-electron chi connectivity index (χ1n) is 12.8. The Balaban J connectivity index is 1.66. The molecule has 2 aromatic carbocycles. The van der Waals surface area contributed by atoms with Gasteiger partial charge in [0.2, 0.25) is 0 Å². The van der Waals surface area contributed by atoms with E-state index in [-0.39, 0.29) is 11.3 Å². The van der Waals surface area contributed by atoms with Crippen LogP contribution in [0.15, 0.2) is 60.7 Å². The number of thiophene rings is 1. The highest BCUT2D eigenvalue weighted by Gasteiger charge is 2.21. The van der Waals surface area contributed by atoms with E-state index in [0.29, 0.717) is 22.2 Å². The standard InChI is InChI=1S/C31H33Cl2N3OS/c1-6-7-8-9-24-15-17-28(38-24)29-20(2)26(35-36(29)27-16-14-23(32)18-25(27)33)19-34-30(37)21-10-12-22(13-11-21)31(3,4)5/h8-18H,6-7,19H2,1-5H3,(H,34,37). The monoisotopic (exact) mass is 565 g/mol. The third-order valence-electron chi connectivity index (χ3n) is 6.39. The van der Waals surface area contributed by atoms with Gasteiger partial charge in [-0.05, 0) is 72.9 Å². The summed E-state index contributed by atoms with van der Waals surface area (Å²) < 4.78 is 1.86. The molecule has 4 rings (SSSR count). The van der Waals surface area contributed by atoms with Crippen molar-refractivity contribution in [3.05, 3.63) is 98.0 Å². The number of carbonyl (C=O) groups is 1. The molecule has 1 N–H and O–H groups in total. The lowest BCUT2D eigenvalue weighted by atomic mass is 9.87. The Morgan fingerprint density at radius 2 is 1.82 bits per heavy atom. The minimum atomic E-state index is -0.134. The maximum atomic E-state index is 13.0. The Hall–Kier alpha value is -2.86. The second-order valence-corrected chi connectivity index (χ2v) is 12.3. The number of halogens is 2. The third-order valence-corrected chi connectivity index (χ3v) is 7.98. The van der Waals surface area contributed by atoms with E-state index in [0.717, 1.165) is 40.4 Å². The van der Waals surface area contributed by atoms with Crippen molar-refractivity contribution >= 4 is 46.5 Å². The van der Waals surface area contributed by atoms with Crippen LogP contribution in [-0.2, 0) is 12.0 Å². The summed E-state index contributed by atoms with van der Waals surface area (Å²) >= 11 is 14.5. The van der Waals surface area contributed by atoms with Gasteiger partial charge in [0.25, 0.3) is 5.91 Å². The van der Waals surface area contributed by atoms with E-state index in [2.05, 4.69) is 57.3 Å². The molecule has 0 fully saturated rings. The van der Waals surface area contributed by atoms with Gasteiger partial charge in [0.05, 0.1) is 33.5 Å². The van der Waals surface area contributed by atoms with Gasteiger partial charge in [0, 0.05) is 21.0 Å². The van der Waals surface area contributed by atoms with E-state index in [1.165, 1.54) is 10.4 Å². The van der Waals surface area contributed by atoms with Crippen molar-refractivity contribution in [3.8, 4) is 16.3 Å². The van der Waals surface area contributed by atoms with E-state index < -0.39 is 0 Å². The highest BCUT2D eigenvalue weighted by Crippen LogP contribution is 2.36. The summed E-state index contributed by atoms with van der Waals surface area (Å²) in [5.74, 6) is -0.134. The molecule has 2 heterocycles. The Morgan fingerprint density at radius 3 is 2.47 bits per heavy atom. The maximum absolute atomic E-state index is 13.0. The lowest BCUT2D eigenvalue weighted by molar-refractivity contribution is 0.0950. The van der Waals surface area contributed by atoms with E-state index in [9.17, 15) is 4.79 Å². The molecule has 1 amide bonds. The number of allylic oxidation sites excluding steroid dienone is 1. The molecule has 0 aliphatic carbocycles. The summed E-state index contributed by atoms with van der Waals surface area (Å²) in [5, 5.41) is 9.02. The maximum Gasteiger partial charge on any atom is 0.251 e. The molecule has 7 heteroatoms. The molecule has 0 spiro atoms. The van der Waals surface area contributed by atoms with Crippen molar-refractivity contribution in [2.75, 3.05) is 0 Å². The lowest BCUT2D eigenvalue weighted by Crippen LogP contribution is -2.23. The van der Waals surface area contributed by atoms with Crippen molar-refractivity contribution in [1.29, 1.82) is 0 Å². The zero-order chi connectivity index (χ0) is 27.4. The largest absolute Gasteiger partial charge is 0.346 e. The van der Waals surface area contributed by atoms with Gasteiger partial charge in [0.1, 0.15) is 0 Å². The Kier molecular flexibility index (Phi) is 8.81. The van der Waals surface area contributed by atoms with Crippen molar-refractivity contribution in [1.82, 2.24) is 15.1 Å². The quantitative estimate of drug-likeness (QED) is 0.231. The van der Waals surface area contributed by atoms with Crippen LogP contribution in [0.3, 0.4) is 0 Å². The van der Waals surface area contributed by atoms with Crippen molar-refractivity contribution in [2.45, 2.75) is 59.4 Å². The van der Waals surface area contributed by atoms with Gasteiger partial charge in [-0.3, -0.25) is 4.79 Å². The molecular formula is C31H33Cl2N3OS. The number of nitrogens with one attached hydrogen (secondary N) is 1. The first-order chi connectivity index (χ1) is 18.1. The molecule has 38 heavy (non-hydrogen) atoms. The number of unbranched alkanes of at least 4 members (excludes halogenated alkanes) is 1. The molecule has 0 aliphatic heterocycles. The van der Waals surface area contributed by atoms with Crippen LogP contribution in [-0.4, -0.2) is 15.7 Å². The van der Waals surface area contributed by atoms with Gasteiger partial charge < -0.3 is 5.32 Å². The number of nitrogens with zero attached hydrogens (tertiary/aromatic N) is 2. The van der Waals surface area contributed by atoms with E-state index in [4.69, 9.17) is 28.3 Å². The van der Waals surface area contributed by atoms with Crippen LogP contribution < -0.4 is 5.32 Å². The van der Waals surface area contributed by atoms with Gasteiger partial charge in [-0.2, -0.15) is 5.10 Å². The van der Waals surface area contributed by atoms with Crippen molar-refractivity contribution in [2.24, 2.45) is 0 Å². The van der Waals surface area contributed by atoms with Crippen LogP contribution in [0.4, 0.5) is 0 Å². The number of benzene rings is 2. The molecule has 4 aromatic rings. The average Bonchev–Trinajstić information content (AvgIpc) is 3.46. The third kappa shape index (κ3) is 6.40. The molecule has 0 atom stereocenters. The summed E-state index contributed by atoms with van der Waals surface area (Å²) in [6.07, 6.45) is 6.53. The smallest absolute Gasteiger partial charge is 0.251 e. The van der Waals surface area contributed by atoms with Crippen molar-refractivity contribution < 1.29 is 4.79 Å². The number of carbonyl (C=O) groups excluding carboxylic acids is 1.